The van der Waals surface area contributed by atoms with Crippen molar-refractivity contribution in [3.8, 4) is 0 Å². The number of hydrogen-bond donors (Lipinski definition) is 2. The maximum atomic E-state index is 11.9. The summed E-state index contributed by atoms with van der Waals surface area (Å²) < 4.78 is 0. The standard InChI is InChI=1S/C16H24O5/c1-11(17)8-9-13-12(14(18)10-15(13)19)6-4-2-3-5-7-16(20)21/h8-9,12-13,15,19H,2-7,10H2,1H3,(H,20,21)/b9-8+/t12-,13-,15-/m1/s1. The van der Waals surface area contributed by atoms with Gasteiger partial charge in [-0.1, -0.05) is 25.3 Å². The van der Waals surface area contributed by atoms with Crippen LogP contribution in [0.2, 0.25) is 0 Å². The highest BCUT2D eigenvalue weighted by Gasteiger charge is 2.39. The lowest BCUT2D eigenvalue weighted by Gasteiger charge is -2.17. The van der Waals surface area contributed by atoms with Crippen LogP contribution in [-0.4, -0.2) is 33.9 Å². The van der Waals surface area contributed by atoms with Gasteiger partial charge in [-0.25, -0.2) is 0 Å². The van der Waals surface area contributed by atoms with Crippen molar-refractivity contribution >= 4 is 17.5 Å². The van der Waals surface area contributed by atoms with E-state index in [-0.39, 0.29) is 36.2 Å². The van der Waals surface area contributed by atoms with E-state index >= 15 is 0 Å². The molecule has 5 heteroatoms. The van der Waals surface area contributed by atoms with Gasteiger partial charge in [-0.05, 0) is 25.8 Å². The van der Waals surface area contributed by atoms with E-state index in [1.54, 1.807) is 6.08 Å². The Morgan fingerprint density at radius 2 is 1.90 bits per heavy atom. The number of ketones is 2. The Hall–Kier alpha value is -1.49. The number of hydrogen-bond acceptors (Lipinski definition) is 4. The van der Waals surface area contributed by atoms with E-state index in [4.69, 9.17) is 5.11 Å². The van der Waals surface area contributed by atoms with Crippen LogP contribution in [-0.2, 0) is 14.4 Å². The number of unbranched alkanes of at least 4 members (excludes halogenated alkanes) is 3. The number of carbonyl (C=O) groups excluding carboxylic acids is 2. The van der Waals surface area contributed by atoms with Gasteiger partial charge in [0.1, 0.15) is 5.78 Å². The van der Waals surface area contributed by atoms with E-state index in [0.29, 0.717) is 12.8 Å². The van der Waals surface area contributed by atoms with Crippen molar-refractivity contribution in [1.29, 1.82) is 0 Å². The van der Waals surface area contributed by atoms with Crippen LogP contribution < -0.4 is 0 Å². The average Bonchev–Trinajstić information content (AvgIpc) is 2.65. The predicted molar refractivity (Wildman–Crippen MR) is 77.8 cm³/mol. The van der Waals surface area contributed by atoms with Gasteiger partial charge in [0, 0.05) is 24.7 Å². The Morgan fingerprint density at radius 3 is 2.52 bits per heavy atom. The summed E-state index contributed by atoms with van der Waals surface area (Å²) in [6.45, 7) is 1.44. The van der Waals surface area contributed by atoms with Crippen LogP contribution in [0.1, 0.15) is 51.9 Å². The summed E-state index contributed by atoms with van der Waals surface area (Å²) in [6, 6.07) is 0. The fourth-order valence-corrected chi connectivity index (χ4v) is 2.83. The quantitative estimate of drug-likeness (QED) is 0.502. The molecule has 1 aliphatic carbocycles. The predicted octanol–water partition coefficient (Wildman–Crippen LogP) is 2.12. The monoisotopic (exact) mass is 296 g/mol. The first kappa shape index (κ1) is 17.6. The molecule has 3 atom stereocenters. The number of allylic oxidation sites excluding steroid dienone is 1. The van der Waals surface area contributed by atoms with Gasteiger partial charge in [0.2, 0.25) is 0 Å². The van der Waals surface area contributed by atoms with Gasteiger partial charge in [0.15, 0.2) is 5.78 Å². The lowest BCUT2D eigenvalue weighted by molar-refractivity contribution is -0.137. The number of aliphatic hydroxyl groups is 1. The molecule has 0 spiro atoms. The molecule has 0 saturated heterocycles. The van der Waals surface area contributed by atoms with Gasteiger partial charge >= 0.3 is 5.97 Å². The summed E-state index contributed by atoms with van der Waals surface area (Å²) in [4.78, 5) is 33.3. The third kappa shape index (κ3) is 6.21. The molecule has 0 aromatic heterocycles. The largest absolute Gasteiger partial charge is 0.481 e. The van der Waals surface area contributed by atoms with Crippen molar-refractivity contribution in [3.05, 3.63) is 12.2 Å². The molecular weight excluding hydrogens is 272 g/mol. The zero-order valence-corrected chi connectivity index (χ0v) is 12.5. The minimum atomic E-state index is -0.779. The smallest absolute Gasteiger partial charge is 0.303 e. The van der Waals surface area contributed by atoms with Gasteiger partial charge in [-0.3, -0.25) is 14.4 Å². The zero-order valence-electron chi connectivity index (χ0n) is 12.5. The lowest BCUT2D eigenvalue weighted by atomic mass is 9.88. The van der Waals surface area contributed by atoms with Gasteiger partial charge in [0.05, 0.1) is 6.10 Å². The fraction of sp³-hybridized carbons (Fsp3) is 0.688. The second kappa shape index (κ2) is 8.72. The van der Waals surface area contributed by atoms with Crippen LogP contribution in [0.4, 0.5) is 0 Å². The van der Waals surface area contributed by atoms with Gasteiger partial charge in [-0.15, -0.1) is 0 Å². The van der Waals surface area contributed by atoms with Crippen LogP contribution in [0.5, 0.6) is 0 Å². The highest BCUT2D eigenvalue weighted by molar-refractivity contribution is 5.88. The molecule has 2 N–H and O–H groups in total. The molecule has 1 aliphatic rings. The molecule has 0 heterocycles. The Balaban J connectivity index is 2.38. The molecule has 0 unspecified atom stereocenters. The Morgan fingerprint density at radius 1 is 1.24 bits per heavy atom. The van der Waals surface area contributed by atoms with Gasteiger partial charge in [0.25, 0.3) is 0 Å². The zero-order chi connectivity index (χ0) is 15.8. The molecule has 21 heavy (non-hydrogen) atoms. The molecule has 1 fully saturated rings. The van der Waals surface area contributed by atoms with Crippen molar-refractivity contribution in [2.45, 2.75) is 58.0 Å². The van der Waals surface area contributed by atoms with Crippen molar-refractivity contribution in [2.75, 3.05) is 0 Å². The van der Waals surface area contributed by atoms with Crippen LogP contribution in [0.15, 0.2) is 12.2 Å². The third-order valence-corrected chi connectivity index (χ3v) is 3.94. The van der Waals surface area contributed by atoms with Crippen LogP contribution in [0.25, 0.3) is 0 Å². The Labute approximate surface area is 125 Å². The molecule has 0 aliphatic heterocycles. The van der Waals surface area contributed by atoms with Crippen LogP contribution >= 0.6 is 0 Å². The minimum absolute atomic E-state index is 0.0613. The normalized spacial score (nSPS) is 25.6. The molecule has 0 aromatic carbocycles. The SMILES string of the molecule is CC(=O)/C=C/[C@H]1[C@H](O)CC(=O)[C@@H]1CCCCCCC(=O)O. The molecule has 5 nitrogen and oxygen atoms in total. The summed E-state index contributed by atoms with van der Waals surface area (Å²) in [5.41, 5.74) is 0. The summed E-state index contributed by atoms with van der Waals surface area (Å²) in [5, 5.41) is 18.4. The number of aliphatic hydroxyl groups excluding tert-OH is 1. The number of aliphatic carboxylic acids is 1. The Bertz CT molecular complexity index is 413. The first-order valence-electron chi connectivity index (χ1n) is 7.53. The number of carboxylic acid groups (broad SMARTS) is 1. The van der Waals surface area contributed by atoms with E-state index < -0.39 is 12.1 Å². The molecule has 0 radical (unpaired) electrons. The molecule has 118 valence electrons. The maximum absolute atomic E-state index is 11.9. The lowest BCUT2D eigenvalue weighted by Crippen LogP contribution is -2.18. The second-order valence-corrected chi connectivity index (χ2v) is 5.74. The van der Waals surface area contributed by atoms with E-state index in [9.17, 15) is 19.5 Å². The summed E-state index contributed by atoms with van der Waals surface area (Å²) in [5.74, 6) is -1.28. The number of rotatable bonds is 9. The van der Waals surface area contributed by atoms with Crippen molar-refractivity contribution in [2.24, 2.45) is 11.8 Å². The van der Waals surface area contributed by atoms with E-state index in [0.717, 1.165) is 19.3 Å². The maximum Gasteiger partial charge on any atom is 0.303 e. The number of carboxylic acids is 1. The van der Waals surface area contributed by atoms with Crippen LogP contribution in [0, 0.1) is 11.8 Å². The van der Waals surface area contributed by atoms with Crippen molar-refractivity contribution in [1.82, 2.24) is 0 Å². The summed E-state index contributed by atoms with van der Waals surface area (Å²) in [6.07, 6.45) is 6.65. The highest BCUT2D eigenvalue weighted by atomic mass is 16.4. The van der Waals surface area contributed by atoms with Gasteiger partial charge < -0.3 is 10.2 Å². The molecule has 0 bridgehead atoms. The first-order valence-corrected chi connectivity index (χ1v) is 7.53. The fourth-order valence-electron chi connectivity index (χ4n) is 2.83. The number of carbonyl (C=O) groups is 3. The van der Waals surface area contributed by atoms with E-state index in [1.165, 1.54) is 13.0 Å². The number of Topliss-reactive ketones (excluding diaryl/α,β-unsaturated/α-hetero) is 1. The van der Waals surface area contributed by atoms with Crippen LogP contribution in [0.3, 0.4) is 0 Å². The first-order chi connectivity index (χ1) is 9.91. The van der Waals surface area contributed by atoms with E-state index in [1.807, 2.05) is 0 Å². The minimum Gasteiger partial charge on any atom is -0.481 e. The topological polar surface area (TPSA) is 91.7 Å². The van der Waals surface area contributed by atoms with Crippen molar-refractivity contribution < 1.29 is 24.6 Å². The molecular formula is C16H24O5. The van der Waals surface area contributed by atoms with Gasteiger partial charge in [-0.2, -0.15) is 0 Å². The van der Waals surface area contributed by atoms with E-state index in [2.05, 4.69) is 0 Å². The second-order valence-electron chi connectivity index (χ2n) is 5.74. The average molecular weight is 296 g/mol. The summed E-state index contributed by atoms with van der Waals surface area (Å²) >= 11 is 0. The molecule has 0 amide bonds. The molecule has 1 saturated carbocycles. The van der Waals surface area contributed by atoms with Crippen molar-refractivity contribution in [3.63, 3.8) is 0 Å². The summed E-state index contributed by atoms with van der Waals surface area (Å²) in [7, 11) is 0. The highest BCUT2D eigenvalue weighted by Crippen LogP contribution is 2.34. The molecule has 0 aromatic rings. The Kier molecular flexibility index (Phi) is 7.29. The molecule has 1 rings (SSSR count). The third-order valence-electron chi connectivity index (χ3n) is 3.94.